The number of carbonyl (C=O) groups is 2. The molecule has 0 aromatic heterocycles. The van der Waals surface area contributed by atoms with Gasteiger partial charge in [0.2, 0.25) is 5.91 Å². The molecule has 0 aromatic rings. The lowest BCUT2D eigenvalue weighted by atomic mass is 10.1. The van der Waals surface area contributed by atoms with Crippen LogP contribution in [-0.2, 0) is 9.59 Å². The molecule has 5 heteroatoms. The fourth-order valence-corrected chi connectivity index (χ4v) is 1.75. The van der Waals surface area contributed by atoms with E-state index in [4.69, 9.17) is 5.11 Å². The van der Waals surface area contributed by atoms with E-state index in [1.165, 1.54) is 0 Å². The summed E-state index contributed by atoms with van der Waals surface area (Å²) < 4.78 is 0. The molecule has 0 saturated heterocycles. The van der Waals surface area contributed by atoms with Gasteiger partial charge in [0.25, 0.3) is 0 Å². The zero-order valence-electron chi connectivity index (χ0n) is 12.3. The molecule has 0 heterocycles. The van der Waals surface area contributed by atoms with Crippen LogP contribution in [-0.4, -0.2) is 46.1 Å². The molecule has 0 spiro atoms. The van der Waals surface area contributed by atoms with Gasteiger partial charge in [0.05, 0.1) is 12.5 Å². The predicted molar refractivity (Wildman–Crippen MR) is 71.5 cm³/mol. The molecule has 0 bridgehead atoms. The first kappa shape index (κ1) is 16.9. The van der Waals surface area contributed by atoms with Gasteiger partial charge in [-0.15, -0.1) is 0 Å². The van der Waals surface area contributed by atoms with E-state index >= 15 is 0 Å². The summed E-state index contributed by atoms with van der Waals surface area (Å²) in [7, 11) is 0. The highest BCUT2D eigenvalue weighted by Crippen LogP contribution is 2.09. The summed E-state index contributed by atoms with van der Waals surface area (Å²) in [5.74, 6) is -0.911. The van der Waals surface area contributed by atoms with Crippen LogP contribution in [0.2, 0.25) is 0 Å². The number of carbonyl (C=O) groups excluding carboxylic acids is 1. The van der Waals surface area contributed by atoms with Gasteiger partial charge in [0.15, 0.2) is 0 Å². The van der Waals surface area contributed by atoms with E-state index in [-0.39, 0.29) is 30.0 Å². The van der Waals surface area contributed by atoms with Crippen LogP contribution in [0.25, 0.3) is 0 Å². The fourth-order valence-electron chi connectivity index (χ4n) is 1.75. The highest BCUT2D eigenvalue weighted by molar-refractivity contribution is 5.82. The summed E-state index contributed by atoms with van der Waals surface area (Å²) >= 11 is 0. The van der Waals surface area contributed by atoms with Crippen LogP contribution in [0.1, 0.15) is 48.0 Å². The molecular weight excluding hydrogens is 232 g/mol. The number of nitrogens with one attached hydrogen (secondary N) is 1. The largest absolute Gasteiger partial charge is 0.481 e. The van der Waals surface area contributed by atoms with E-state index in [9.17, 15) is 9.59 Å². The number of aliphatic carboxylic acids is 1. The fraction of sp³-hybridized carbons (Fsp3) is 0.846. The summed E-state index contributed by atoms with van der Waals surface area (Å²) in [4.78, 5) is 24.6. The summed E-state index contributed by atoms with van der Waals surface area (Å²) in [6.45, 7) is 11.9. The van der Waals surface area contributed by atoms with Crippen LogP contribution in [0.4, 0.5) is 0 Å². The minimum absolute atomic E-state index is 0.0469. The maximum absolute atomic E-state index is 12.0. The Hall–Kier alpha value is -1.10. The van der Waals surface area contributed by atoms with Gasteiger partial charge < -0.3 is 10.4 Å². The van der Waals surface area contributed by atoms with E-state index in [2.05, 4.69) is 5.32 Å². The van der Waals surface area contributed by atoms with Crippen molar-refractivity contribution in [3.63, 3.8) is 0 Å². The number of carboxylic acid groups (broad SMARTS) is 1. The Morgan fingerprint density at radius 1 is 1.22 bits per heavy atom. The first-order valence-corrected chi connectivity index (χ1v) is 6.34. The van der Waals surface area contributed by atoms with Gasteiger partial charge >= 0.3 is 5.97 Å². The van der Waals surface area contributed by atoms with Crippen LogP contribution in [0.5, 0.6) is 0 Å². The van der Waals surface area contributed by atoms with Crippen molar-refractivity contribution in [3.05, 3.63) is 0 Å². The van der Waals surface area contributed by atoms with Crippen LogP contribution < -0.4 is 5.32 Å². The second kappa shape index (κ2) is 6.73. The first-order valence-electron chi connectivity index (χ1n) is 6.34. The summed E-state index contributed by atoms with van der Waals surface area (Å²) in [5.41, 5.74) is -0.277. The van der Waals surface area contributed by atoms with Crippen molar-refractivity contribution in [2.24, 2.45) is 0 Å². The Morgan fingerprint density at radius 2 is 1.72 bits per heavy atom. The molecule has 0 aromatic carbocycles. The SMILES string of the molecule is CC(C)N(CCC(=O)O)C(C)C(=O)NC(C)(C)C. The van der Waals surface area contributed by atoms with Gasteiger partial charge in [0.1, 0.15) is 0 Å². The first-order chi connectivity index (χ1) is 8.04. The number of hydrogen-bond donors (Lipinski definition) is 2. The maximum atomic E-state index is 12.0. The van der Waals surface area contributed by atoms with Crippen molar-refractivity contribution in [3.8, 4) is 0 Å². The van der Waals surface area contributed by atoms with Crippen molar-refractivity contribution in [2.75, 3.05) is 6.54 Å². The highest BCUT2D eigenvalue weighted by atomic mass is 16.4. The van der Waals surface area contributed by atoms with Gasteiger partial charge in [0, 0.05) is 18.1 Å². The molecule has 18 heavy (non-hydrogen) atoms. The van der Waals surface area contributed by atoms with Gasteiger partial charge in [-0.1, -0.05) is 0 Å². The molecule has 0 radical (unpaired) electrons. The summed E-state index contributed by atoms with van der Waals surface area (Å²) in [5, 5.41) is 11.6. The Labute approximate surface area is 110 Å². The second-order valence-electron chi connectivity index (χ2n) is 5.89. The summed E-state index contributed by atoms with van der Waals surface area (Å²) in [6, 6.07) is -0.200. The highest BCUT2D eigenvalue weighted by Gasteiger charge is 2.26. The monoisotopic (exact) mass is 258 g/mol. The zero-order chi connectivity index (χ0) is 14.5. The van der Waals surface area contributed by atoms with Gasteiger partial charge in [-0.2, -0.15) is 0 Å². The Balaban J connectivity index is 4.60. The topological polar surface area (TPSA) is 69.6 Å². The molecule has 0 aliphatic carbocycles. The standard InChI is InChI=1S/C13H26N2O3/c1-9(2)15(8-7-11(16)17)10(3)12(18)14-13(4,5)6/h9-10H,7-8H2,1-6H3,(H,14,18)(H,16,17). The molecule has 0 saturated carbocycles. The molecule has 1 atom stereocenters. The molecule has 0 aliphatic heterocycles. The number of amides is 1. The van der Waals surface area contributed by atoms with Gasteiger partial charge in [-0.3, -0.25) is 14.5 Å². The van der Waals surface area contributed by atoms with Crippen molar-refractivity contribution < 1.29 is 14.7 Å². The van der Waals surface area contributed by atoms with E-state index in [0.717, 1.165) is 0 Å². The third-order valence-corrected chi connectivity index (χ3v) is 2.62. The van der Waals surface area contributed by atoms with Crippen molar-refractivity contribution in [1.82, 2.24) is 10.2 Å². The average Bonchev–Trinajstić information content (AvgIpc) is 2.13. The molecule has 2 N–H and O–H groups in total. The quantitative estimate of drug-likeness (QED) is 0.757. The molecule has 0 aliphatic rings. The molecule has 0 fully saturated rings. The van der Waals surface area contributed by atoms with Crippen LogP contribution in [0, 0.1) is 0 Å². The third kappa shape index (κ3) is 6.59. The van der Waals surface area contributed by atoms with Gasteiger partial charge in [-0.05, 0) is 41.5 Å². The Bertz CT molecular complexity index is 295. The third-order valence-electron chi connectivity index (χ3n) is 2.62. The van der Waals surface area contributed by atoms with Crippen LogP contribution in [0.15, 0.2) is 0 Å². The molecule has 106 valence electrons. The van der Waals surface area contributed by atoms with Crippen molar-refractivity contribution in [2.45, 2.75) is 65.6 Å². The maximum Gasteiger partial charge on any atom is 0.304 e. The predicted octanol–water partition coefficient (Wildman–Crippen LogP) is 1.47. The molecule has 1 amide bonds. The number of hydrogen-bond acceptors (Lipinski definition) is 3. The van der Waals surface area contributed by atoms with E-state index in [1.807, 2.05) is 46.4 Å². The van der Waals surface area contributed by atoms with E-state index in [1.54, 1.807) is 0 Å². The van der Waals surface area contributed by atoms with Gasteiger partial charge in [-0.25, -0.2) is 0 Å². The number of rotatable bonds is 6. The van der Waals surface area contributed by atoms with Crippen LogP contribution >= 0.6 is 0 Å². The number of nitrogens with zero attached hydrogens (tertiary/aromatic N) is 1. The average molecular weight is 258 g/mol. The molecule has 0 rings (SSSR count). The van der Waals surface area contributed by atoms with Crippen molar-refractivity contribution >= 4 is 11.9 Å². The Morgan fingerprint density at radius 3 is 2.06 bits per heavy atom. The lowest BCUT2D eigenvalue weighted by molar-refractivity contribution is -0.138. The number of carboxylic acids is 1. The molecular formula is C13H26N2O3. The smallest absolute Gasteiger partial charge is 0.304 e. The zero-order valence-corrected chi connectivity index (χ0v) is 12.3. The Kier molecular flexibility index (Phi) is 6.32. The molecule has 1 unspecified atom stereocenters. The minimum Gasteiger partial charge on any atom is -0.481 e. The lowest BCUT2D eigenvalue weighted by Crippen LogP contribution is -2.53. The lowest BCUT2D eigenvalue weighted by Gasteiger charge is -2.33. The summed E-state index contributed by atoms with van der Waals surface area (Å²) in [6.07, 6.45) is 0.0469. The minimum atomic E-state index is -0.843. The molecule has 5 nitrogen and oxygen atoms in total. The second-order valence-corrected chi connectivity index (χ2v) is 5.89. The van der Waals surface area contributed by atoms with E-state index < -0.39 is 5.97 Å². The van der Waals surface area contributed by atoms with Crippen LogP contribution in [0.3, 0.4) is 0 Å². The normalized spacial score (nSPS) is 13.8. The van der Waals surface area contributed by atoms with Crippen molar-refractivity contribution in [1.29, 1.82) is 0 Å². The van der Waals surface area contributed by atoms with E-state index in [0.29, 0.717) is 6.54 Å².